The van der Waals surface area contributed by atoms with E-state index in [1.54, 1.807) is 0 Å². The molecular formula is C73H48N2O2. The van der Waals surface area contributed by atoms with Gasteiger partial charge in [0.25, 0.3) is 0 Å². The lowest BCUT2D eigenvalue weighted by Gasteiger charge is -2.38. The lowest BCUT2D eigenvalue weighted by atomic mass is 9.66. The number of benzene rings is 13. The van der Waals surface area contributed by atoms with Crippen molar-refractivity contribution in [2.75, 3.05) is 9.80 Å². The Balaban J connectivity index is 0.947. The summed E-state index contributed by atoms with van der Waals surface area (Å²) in [5.74, 6) is 0. The smallest absolute Gasteiger partial charge is 0.159 e. The van der Waals surface area contributed by atoms with Crippen molar-refractivity contribution in [2.45, 2.75) is 19.3 Å². The van der Waals surface area contributed by atoms with Gasteiger partial charge in [0.05, 0.1) is 11.4 Å². The third kappa shape index (κ3) is 6.52. The third-order valence-electron chi connectivity index (χ3n) is 16.6. The first-order valence-electron chi connectivity index (χ1n) is 26.6. The minimum absolute atomic E-state index is 0.397. The minimum atomic E-state index is -0.397. The topological polar surface area (TPSA) is 32.8 Å². The van der Waals surface area contributed by atoms with Crippen LogP contribution >= 0.6 is 0 Å². The molecule has 77 heavy (non-hydrogen) atoms. The standard InChI is InChI=1S/C73H48N2O2/c1-73(2)62-28-14-25-56-61-43-52(74(50-35-33-45-17-6-8-21-48(45)41-50)64-29-15-26-58-54-23-10-12-31-66(54)76-71(58)64)37-39-57(61)68(47-19-4-3-5-20-47)70(69(56)62)60-40-38-53(44-63(60)73)75(51-36-34-46-18-7-9-22-49(46)42-51)65-30-16-27-59-55-24-11-13-32-67(55)77-72(59)65/h3-44H,1-2H3. The van der Waals surface area contributed by atoms with Gasteiger partial charge in [-0.05, 0) is 149 Å². The van der Waals surface area contributed by atoms with Crippen LogP contribution in [-0.4, -0.2) is 0 Å². The highest BCUT2D eigenvalue weighted by Crippen LogP contribution is 2.57. The van der Waals surface area contributed by atoms with Gasteiger partial charge in [-0.15, -0.1) is 0 Å². The van der Waals surface area contributed by atoms with Gasteiger partial charge in [0.1, 0.15) is 11.2 Å². The molecule has 1 aliphatic rings. The molecule has 15 aromatic rings. The van der Waals surface area contributed by atoms with Gasteiger partial charge >= 0.3 is 0 Å². The van der Waals surface area contributed by atoms with Gasteiger partial charge in [0.2, 0.25) is 0 Å². The Bertz CT molecular complexity index is 4930. The number of rotatable bonds is 7. The van der Waals surface area contributed by atoms with E-state index in [-0.39, 0.29) is 0 Å². The first-order chi connectivity index (χ1) is 37.9. The number of nitrogens with zero attached hydrogens (tertiary/aromatic N) is 2. The highest BCUT2D eigenvalue weighted by molar-refractivity contribution is 6.25. The summed E-state index contributed by atoms with van der Waals surface area (Å²) >= 11 is 0. The van der Waals surface area contributed by atoms with Gasteiger partial charge in [-0.25, -0.2) is 0 Å². The molecule has 0 radical (unpaired) electrons. The summed E-state index contributed by atoms with van der Waals surface area (Å²) in [7, 11) is 0. The fourth-order valence-electron chi connectivity index (χ4n) is 13.0. The summed E-state index contributed by atoms with van der Waals surface area (Å²) in [6.07, 6.45) is 0. The van der Waals surface area contributed by atoms with Crippen molar-refractivity contribution in [1.82, 2.24) is 0 Å². The van der Waals surface area contributed by atoms with Crippen LogP contribution in [0.25, 0.3) is 109 Å². The number of anilines is 6. The van der Waals surface area contributed by atoms with Gasteiger partial charge in [-0.2, -0.15) is 0 Å². The summed E-state index contributed by atoms with van der Waals surface area (Å²) in [5.41, 5.74) is 16.8. The first-order valence-corrected chi connectivity index (χ1v) is 26.6. The molecule has 0 N–H and O–H groups in total. The molecule has 0 saturated heterocycles. The van der Waals surface area contributed by atoms with E-state index >= 15 is 0 Å². The average molecular weight is 985 g/mol. The highest BCUT2D eigenvalue weighted by atomic mass is 16.3. The third-order valence-corrected chi connectivity index (χ3v) is 16.6. The summed E-state index contributed by atoms with van der Waals surface area (Å²) < 4.78 is 13.6. The summed E-state index contributed by atoms with van der Waals surface area (Å²) in [5, 5.41) is 14.1. The molecule has 4 heteroatoms. The van der Waals surface area contributed by atoms with Crippen molar-refractivity contribution in [1.29, 1.82) is 0 Å². The molecule has 0 bridgehead atoms. The van der Waals surface area contributed by atoms with Crippen LogP contribution in [0.2, 0.25) is 0 Å². The zero-order chi connectivity index (χ0) is 50.9. The van der Waals surface area contributed by atoms with Crippen molar-refractivity contribution < 1.29 is 8.83 Å². The number of para-hydroxylation sites is 4. The number of fused-ring (bicyclic) bond motifs is 12. The van der Waals surface area contributed by atoms with Gasteiger partial charge in [-0.1, -0.05) is 196 Å². The Morgan fingerprint density at radius 3 is 1.42 bits per heavy atom. The fourth-order valence-corrected chi connectivity index (χ4v) is 13.0. The first kappa shape index (κ1) is 43.5. The molecular weight excluding hydrogens is 937 g/mol. The Morgan fingerprint density at radius 1 is 0.312 bits per heavy atom. The minimum Gasteiger partial charge on any atom is -0.454 e. The van der Waals surface area contributed by atoms with Gasteiger partial charge in [-0.3, -0.25) is 0 Å². The largest absolute Gasteiger partial charge is 0.454 e. The maximum atomic E-state index is 6.81. The maximum Gasteiger partial charge on any atom is 0.159 e. The number of furan rings is 2. The van der Waals surface area contributed by atoms with E-state index in [0.717, 1.165) is 78.0 Å². The molecule has 0 fully saturated rings. The molecule has 4 nitrogen and oxygen atoms in total. The molecule has 0 amide bonds. The Labute approximate surface area is 444 Å². The average Bonchev–Trinajstić information content (AvgIpc) is 4.18. The second kappa shape index (κ2) is 16.6. The van der Waals surface area contributed by atoms with Crippen LogP contribution in [0, 0.1) is 0 Å². The zero-order valence-corrected chi connectivity index (χ0v) is 42.5. The van der Waals surface area contributed by atoms with Crippen molar-refractivity contribution in [3.8, 4) is 22.3 Å². The lowest BCUT2D eigenvalue weighted by molar-refractivity contribution is 0.645. The summed E-state index contributed by atoms with van der Waals surface area (Å²) in [4.78, 5) is 4.79. The van der Waals surface area contributed by atoms with Crippen LogP contribution in [0.1, 0.15) is 25.0 Å². The van der Waals surface area contributed by atoms with Crippen LogP contribution in [-0.2, 0) is 5.41 Å². The predicted octanol–water partition coefficient (Wildman–Crippen LogP) is 21.0. The molecule has 0 atom stereocenters. The molecule has 2 aromatic heterocycles. The highest BCUT2D eigenvalue weighted by Gasteiger charge is 2.37. The van der Waals surface area contributed by atoms with E-state index in [4.69, 9.17) is 8.83 Å². The van der Waals surface area contributed by atoms with Crippen LogP contribution in [0.5, 0.6) is 0 Å². The molecule has 362 valence electrons. The molecule has 0 saturated carbocycles. The van der Waals surface area contributed by atoms with Gasteiger partial charge in [0.15, 0.2) is 11.2 Å². The van der Waals surface area contributed by atoms with Crippen LogP contribution in [0.4, 0.5) is 34.1 Å². The lowest BCUT2D eigenvalue weighted by Crippen LogP contribution is -2.24. The quantitative estimate of drug-likeness (QED) is 0.149. The van der Waals surface area contributed by atoms with Crippen molar-refractivity contribution in [2.24, 2.45) is 0 Å². The van der Waals surface area contributed by atoms with Gasteiger partial charge < -0.3 is 18.6 Å². The SMILES string of the molecule is CC1(C)c2cc(N(c3ccc4ccccc4c3)c3cccc4c3oc3ccccc34)ccc2-c2c(-c3ccccc3)c3ccc(N(c4ccc5ccccc5c4)c4cccc5c4oc4ccccc45)cc3c3cccc1c23. The monoisotopic (exact) mass is 984 g/mol. The summed E-state index contributed by atoms with van der Waals surface area (Å²) in [6.45, 7) is 4.82. The number of hydrogen-bond donors (Lipinski definition) is 0. The molecule has 13 aromatic carbocycles. The van der Waals surface area contributed by atoms with E-state index in [9.17, 15) is 0 Å². The van der Waals surface area contributed by atoms with Crippen LogP contribution in [0.15, 0.2) is 264 Å². The maximum absolute atomic E-state index is 6.81. The van der Waals surface area contributed by atoms with E-state index < -0.39 is 5.41 Å². The predicted molar refractivity (Wildman–Crippen MR) is 323 cm³/mol. The Kier molecular flexibility index (Phi) is 9.35. The van der Waals surface area contributed by atoms with E-state index in [1.807, 2.05) is 12.1 Å². The van der Waals surface area contributed by atoms with Crippen molar-refractivity contribution in [3.05, 3.63) is 266 Å². The molecule has 16 rings (SSSR count). The Hall–Kier alpha value is -9.90. The number of hydrogen-bond acceptors (Lipinski definition) is 4. The molecule has 0 spiro atoms. The van der Waals surface area contributed by atoms with Crippen LogP contribution < -0.4 is 9.80 Å². The zero-order valence-electron chi connectivity index (χ0n) is 42.5. The Morgan fingerprint density at radius 2 is 0.792 bits per heavy atom. The molecule has 0 aliphatic heterocycles. The fraction of sp³-hybridized carbons (Fsp3) is 0.0411. The summed E-state index contributed by atoms with van der Waals surface area (Å²) in [6, 6.07) is 92.9. The van der Waals surface area contributed by atoms with E-state index in [0.29, 0.717) is 0 Å². The molecule has 2 heterocycles. The van der Waals surface area contributed by atoms with Crippen LogP contribution in [0.3, 0.4) is 0 Å². The molecule has 0 unspecified atom stereocenters. The van der Waals surface area contributed by atoms with Crippen molar-refractivity contribution in [3.63, 3.8) is 0 Å². The van der Waals surface area contributed by atoms with E-state index in [2.05, 4.69) is 266 Å². The second-order valence-corrected chi connectivity index (χ2v) is 21.2. The van der Waals surface area contributed by atoms with Gasteiger partial charge in [0, 0.05) is 49.7 Å². The molecule has 1 aliphatic carbocycles. The van der Waals surface area contributed by atoms with Crippen molar-refractivity contribution >= 4 is 121 Å². The normalized spacial score (nSPS) is 12.9. The second-order valence-electron chi connectivity index (χ2n) is 21.2. The van der Waals surface area contributed by atoms with E-state index in [1.165, 1.54) is 76.5 Å².